The molecule has 5 nitrogen and oxygen atoms in total. The zero-order chi connectivity index (χ0) is 18.6. The minimum Gasteiger partial charge on any atom is -0.462 e. The molecule has 6 heteroatoms. The number of aryl methyl sites for hydroxylation is 1. The third-order valence-corrected chi connectivity index (χ3v) is 4.93. The number of benzene rings is 1. The second-order valence-electron chi connectivity index (χ2n) is 6.77. The first-order valence-corrected chi connectivity index (χ1v) is 9.26. The SMILES string of the molecule is CCOC(=O)c1cnc(N[C@]2(Cc3ccc(C)cc3)CCNC2)c(Cl)c1. The molecule has 1 aliphatic rings. The molecule has 0 unspecified atom stereocenters. The van der Waals surface area contributed by atoms with E-state index in [0.29, 0.717) is 23.0 Å². The summed E-state index contributed by atoms with van der Waals surface area (Å²) in [6, 6.07) is 10.2. The van der Waals surface area contributed by atoms with Gasteiger partial charge in [0.2, 0.25) is 0 Å². The lowest BCUT2D eigenvalue weighted by Crippen LogP contribution is -2.43. The number of rotatable bonds is 6. The Bertz CT molecular complexity index is 771. The van der Waals surface area contributed by atoms with Gasteiger partial charge in [-0.1, -0.05) is 41.4 Å². The summed E-state index contributed by atoms with van der Waals surface area (Å²) in [6.07, 6.45) is 3.35. The van der Waals surface area contributed by atoms with Crippen LogP contribution in [0, 0.1) is 6.92 Å². The largest absolute Gasteiger partial charge is 0.462 e. The molecule has 1 aliphatic heterocycles. The highest BCUT2D eigenvalue weighted by Crippen LogP contribution is 2.29. The molecular weight excluding hydrogens is 350 g/mol. The van der Waals surface area contributed by atoms with Crippen molar-refractivity contribution in [3.05, 3.63) is 58.2 Å². The fourth-order valence-electron chi connectivity index (χ4n) is 3.25. The number of halogens is 1. The number of anilines is 1. The van der Waals surface area contributed by atoms with Gasteiger partial charge in [0, 0.05) is 12.7 Å². The van der Waals surface area contributed by atoms with Gasteiger partial charge < -0.3 is 15.4 Å². The summed E-state index contributed by atoms with van der Waals surface area (Å²) in [5, 5.41) is 7.37. The average Bonchev–Trinajstić information content (AvgIpc) is 3.07. The van der Waals surface area contributed by atoms with Crippen LogP contribution in [0.4, 0.5) is 5.82 Å². The molecule has 1 saturated heterocycles. The van der Waals surface area contributed by atoms with E-state index in [1.54, 1.807) is 13.0 Å². The van der Waals surface area contributed by atoms with Crippen molar-refractivity contribution >= 4 is 23.4 Å². The Labute approximate surface area is 159 Å². The Morgan fingerprint density at radius 3 is 2.77 bits per heavy atom. The Hall–Kier alpha value is -2.11. The Morgan fingerprint density at radius 1 is 1.38 bits per heavy atom. The number of esters is 1. The van der Waals surface area contributed by atoms with E-state index in [2.05, 4.69) is 46.8 Å². The fourth-order valence-corrected chi connectivity index (χ4v) is 3.46. The van der Waals surface area contributed by atoms with Gasteiger partial charge in [-0.2, -0.15) is 0 Å². The van der Waals surface area contributed by atoms with Gasteiger partial charge in [0.1, 0.15) is 5.82 Å². The summed E-state index contributed by atoms with van der Waals surface area (Å²) in [5.74, 6) is 0.181. The van der Waals surface area contributed by atoms with E-state index in [4.69, 9.17) is 16.3 Å². The molecule has 1 atom stereocenters. The van der Waals surface area contributed by atoms with Gasteiger partial charge in [-0.25, -0.2) is 9.78 Å². The molecule has 138 valence electrons. The number of carbonyl (C=O) groups is 1. The predicted octanol–water partition coefficient (Wildman–Crippen LogP) is 3.61. The number of hydrogen-bond donors (Lipinski definition) is 2. The van der Waals surface area contributed by atoms with Crippen molar-refractivity contribution in [2.75, 3.05) is 25.0 Å². The van der Waals surface area contributed by atoms with Gasteiger partial charge in [-0.15, -0.1) is 0 Å². The van der Waals surface area contributed by atoms with Crippen molar-refractivity contribution in [1.29, 1.82) is 0 Å². The van der Waals surface area contributed by atoms with Crippen LogP contribution >= 0.6 is 11.6 Å². The zero-order valence-electron chi connectivity index (χ0n) is 15.1. The minimum atomic E-state index is -0.412. The number of ether oxygens (including phenoxy) is 1. The Morgan fingerprint density at radius 2 is 2.15 bits per heavy atom. The van der Waals surface area contributed by atoms with E-state index in [1.807, 2.05) is 0 Å². The van der Waals surface area contributed by atoms with Crippen molar-refractivity contribution in [2.24, 2.45) is 0 Å². The highest BCUT2D eigenvalue weighted by atomic mass is 35.5. The summed E-state index contributed by atoms with van der Waals surface area (Å²) in [5.41, 5.74) is 2.72. The van der Waals surface area contributed by atoms with Gasteiger partial charge in [0.05, 0.1) is 22.7 Å². The van der Waals surface area contributed by atoms with Crippen LogP contribution in [-0.4, -0.2) is 36.2 Å². The smallest absolute Gasteiger partial charge is 0.339 e. The maximum absolute atomic E-state index is 11.8. The maximum atomic E-state index is 11.8. The summed E-state index contributed by atoms with van der Waals surface area (Å²) < 4.78 is 5.00. The average molecular weight is 374 g/mol. The van der Waals surface area contributed by atoms with Crippen LogP contribution in [0.25, 0.3) is 0 Å². The molecule has 1 aromatic carbocycles. The monoisotopic (exact) mass is 373 g/mol. The molecule has 0 bridgehead atoms. The van der Waals surface area contributed by atoms with E-state index in [-0.39, 0.29) is 5.54 Å². The lowest BCUT2D eigenvalue weighted by atomic mass is 9.89. The normalized spacial score (nSPS) is 19.3. The molecule has 0 saturated carbocycles. The van der Waals surface area contributed by atoms with Gasteiger partial charge in [-0.3, -0.25) is 0 Å². The zero-order valence-corrected chi connectivity index (χ0v) is 15.9. The van der Waals surface area contributed by atoms with E-state index in [1.165, 1.54) is 17.3 Å². The minimum absolute atomic E-state index is 0.155. The van der Waals surface area contributed by atoms with E-state index >= 15 is 0 Å². The molecule has 2 aromatic rings. The highest BCUT2D eigenvalue weighted by Gasteiger charge is 2.34. The first-order valence-electron chi connectivity index (χ1n) is 8.88. The van der Waals surface area contributed by atoms with Gasteiger partial charge >= 0.3 is 5.97 Å². The van der Waals surface area contributed by atoms with Crippen LogP contribution < -0.4 is 10.6 Å². The van der Waals surface area contributed by atoms with Crippen molar-refractivity contribution < 1.29 is 9.53 Å². The van der Waals surface area contributed by atoms with Gasteiger partial charge in [0.15, 0.2) is 0 Å². The number of pyridine rings is 1. The number of nitrogens with zero attached hydrogens (tertiary/aromatic N) is 1. The molecule has 3 rings (SSSR count). The van der Waals surface area contributed by atoms with Crippen molar-refractivity contribution in [1.82, 2.24) is 10.3 Å². The molecule has 26 heavy (non-hydrogen) atoms. The standard InChI is InChI=1S/C20H24ClN3O2/c1-3-26-19(25)16-10-17(21)18(23-12-16)24-20(8-9-22-13-20)11-15-6-4-14(2)5-7-15/h4-7,10,12,22H,3,8-9,11,13H2,1-2H3,(H,23,24)/t20-/m0/s1. The molecular formula is C20H24ClN3O2. The summed E-state index contributed by atoms with van der Waals surface area (Å²) >= 11 is 6.38. The third-order valence-electron chi connectivity index (χ3n) is 4.64. The molecule has 2 N–H and O–H groups in total. The first-order chi connectivity index (χ1) is 12.5. The van der Waals surface area contributed by atoms with Crippen LogP contribution in [0.1, 0.15) is 34.8 Å². The fraction of sp³-hybridized carbons (Fsp3) is 0.400. The second kappa shape index (κ2) is 8.06. The molecule has 2 heterocycles. The Kier molecular flexibility index (Phi) is 5.79. The topological polar surface area (TPSA) is 63.2 Å². The summed E-state index contributed by atoms with van der Waals surface area (Å²) in [6.45, 7) is 5.95. The van der Waals surface area contributed by atoms with E-state index < -0.39 is 5.97 Å². The number of aromatic nitrogens is 1. The number of nitrogens with one attached hydrogen (secondary N) is 2. The molecule has 0 amide bonds. The molecule has 0 aliphatic carbocycles. The highest BCUT2D eigenvalue weighted by molar-refractivity contribution is 6.33. The van der Waals surface area contributed by atoms with Crippen LogP contribution in [0.15, 0.2) is 36.5 Å². The van der Waals surface area contributed by atoms with Crippen LogP contribution in [0.5, 0.6) is 0 Å². The van der Waals surface area contributed by atoms with Gasteiger partial charge in [-0.05, 0) is 44.9 Å². The molecule has 0 radical (unpaired) electrons. The van der Waals surface area contributed by atoms with Gasteiger partial charge in [0.25, 0.3) is 0 Å². The quantitative estimate of drug-likeness (QED) is 0.757. The van der Waals surface area contributed by atoms with Crippen LogP contribution in [-0.2, 0) is 11.2 Å². The van der Waals surface area contributed by atoms with Crippen molar-refractivity contribution in [3.63, 3.8) is 0 Å². The first kappa shape index (κ1) is 18.7. The summed E-state index contributed by atoms with van der Waals surface area (Å²) in [4.78, 5) is 16.2. The van der Waals surface area contributed by atoms with Crippen molar-refractivity contribution in [2.45, 2.75) is 32.2 Å². The van der Waals surface area contributed by atoms with Crippen molar-refractivity contribution in [3.8, 4) is 0 Å². The Balaban J connectivity index is 1.79. The predicted molar refractivity (Wildman–Crippen MR) is 104 cm³/mol. The number of hydrogen-bond acceptors (Lipinski definition) is 5. The van der Waals surface area contributed by atoms with Crippen LogP contribution in [0.3, 0.4) is 0 Å². The number of carbonyl (C=O) groups excluding carboxylic acids is 1. The lowest BCUT2D eigenvalue weighted by Gasteiger charge is -2.31. The second-order valence-corrected chi connectivity index (χ2v) is 7.18. The molecule has 1 aromatic heterocycles. The maximum Gasteiger partial charge on any atom is 0.339 e. The molecule has 0 spiro atoms. The lowest BCUT2D eigenvalue weighted by molar-refractivity contribution is 0.0526. The van der Waals surface area contributed by atoms with Crippen LogP contribution in [0.2, 0.25) is 5.02 Å². The third kappa shape index (κ3) is 4.34. The molecule has 1 fully saturated rings. The van der Waals surface area contributed by atoms with E-state index in [9.17, 15) is 4.79 Å². The van der Waals surface area contributed by atoms with E-state index in [0.717, 1.165) is 25.9 Å². The summed E-state index contributed by atoms with van der Waals surface area (Å²) in [7, 11) is 0.